The van der Waals surface area contributed by atoms with Gasteiger partial charge >= 0.3 is 0 Å². The van der Waals surface area contributed by atoms with Crippen molar-refractivity contribution in [2.24, 2.45) is 5.92 Å². The van der Waals surface area contributed by atoms with Gasteiger partial charge in [0, 0.05) is 6.04 Å². The molecule has 1 aromatic rings. The number of nitrogens with one attached hydrogen (secondary N) is 1. The molecule has 96 valence electrons. The molecule has 0 saturated heterocycles. The fraction of sp³-hybridized carbons (Fsp3) is 0.600. The third-order valence-electron chi connectivity index (χ3n) is 3.50. The van der Waals surface area contributed by atoms with E-state index in [1.807, 2.05) is 12.1 Å². The Morgan fingerprint density at radius 1 is 1.24 bits per heavy atom. The van der Waals surface area contributed by atoms with Crippen molar-refractivity contribution in [2.45, 2.75) is 46.3 Å². The van der Waals surface area contributed by atoms with Crippen LogP contribution >= 0.6 is 0 Å². The van der Waals surface area contributed by atoms with Crippen LogP contribution in [0.15, 0.2) is 24.3 Å². The maximum atomic E-state index is 9.12. The fourth-order valence-corrected chi connectivity index (χ4v) is 2.00. The van der Waals surface area contributed by atoms with Crippen LogP contribution in [0.4, 0.5) is 0 Å². The van der Waals surface area contributed by atoms with E-state index in [0.717, 1.165) is 18.0 Å². The summed E-state index contributed by atoms with van der Waals surface area (Å²) in [6.07, 6.45) is 2.46. The first-order chi connectivity index (χ1) is 8.21. The Bertz CT molecular complexity index is 320. The molecule has 0 fully saturated rings. The van der Waals surface area contributed by atoms with E-state index < -0.39 is 0 Å². The van der Waals surface area contributed by atoms with E-state index in [0.29, 0.717) is 6.04 Å². The minimum atomic E-state index is 0.118. The lowest BCUT2D eigenvalue weighted by Gasteiger charge is -2.19. The van der Waals surface area contributed by atoms with Crippen molar-refractivity contribution in [3.05, 3.63) is 35.4 Å². The number of aliphatic hydroxyl groups excluding tert-OH is 1. The molecule has 1 atom stereocenters. The van der Waals surface area contributed by atoms with Crippen LogP contribution in [-0.2, 0) is 6.61 Å². The highest BCUT2D eigenvalue weighted by Gasteiger charge is 2.08. The summed E-state index contributed by atoms with van der Waals surface area (Å²) in [4.78, 5) is 0. The SMILES string of the molecule is CCC(CC)CNC(C)c1cccc(CO)c1. The lowest BCUT2D eigenvalue weighted by molar-refractivity contribution is 0.281. The number of aliphatic hydroxyl groups is 1. The van der Waals surface area contributed by atoms with Gasteiger partial charge in [-0.1, -0.05) is 51.0 Å². The van der Waals surface area contributed by atoms with Gasteiger partial charge in [0.25, 0.3) is 0 Å². The molecule has 0 amide bonds. The summed E-state index contributed by atoms with van der Waals surface area (Å²) in [7, 11) is 0. The predicted molar refractivity (Wildman–Crippen MR) is 72.9 cm³/mol. The van der Waals surface area contributed by atoms with Crippen molar-refractivity contribution in [1.29, 1.82) is 0 Å². The zero-order valence-electron chi connectivity index (χ0n) is 11.2. The first-order valence-corrected chi connectivity index (χ1v) is 6.64. The highest BCUT2D eigenvalue weighted by atomic mass is 16.3. The normalized spacial score (nSPS) is 13.0. The van der Waals surface area contributed by atoms with E-state index >= 15 is 0 Å². The summed E-state index contributed by atoms with van der Waals surface area (Å²) < 4.78 is 0. The van der Waals surface area contributed by atoms with Gasteiger partial charge < -0.3 is 10.4 Å². The van der Waals surface area contributed by atoms with Crippen LogP contribution in [0, 0.1) is 5.92 Å². The fourth-order valence-electron chi connectivity index (χ4n) is 2.00. The Hall–Kier alpha value is -0.860. The van der Waals surface area contributed by atoms with Gasteiger partial charge in [-0.2, -0.15) is 0 Å². The molecule has 0 spiro atoms. The first kappa shape index (κ1) is 14.2. The van der Waals surface area contributed by atoms with Gasteiger partial charge in [0.05, 0.1) is 6.61 Å². The molecule has 0 aliphatic heterocycles. The molecular formula is C15H25NO. The quantitative estimate of drug-likeness (QED) is 0.760. The van der Waals surface area contributed by atoms with Crippen molar-refractivity contribution in [2.75, 3.05) is 6.54 Å². The van der Waals surface area contributed by atoms with Gasteiger partial charge in [0.1, 0.15) is 0 Å². The highest BCUT2D eigenvalue weighted by molar-refractivity contribution is 5.25. The summed E-state index contributed by atoms with van der Waals surface area (Å²) in [5.41, 5.74) is 2.24. The van der Waals surface area contributed by atoms with Crippen molar-refractivity contribution >= 4 is 0 Å². The topological polar surface area (TPSA) is 32.3 Å². The number of hydrogen-bond donors (Lipinski definition) is 2. The van der Waals surface area contributed by atoms with Gasteiger partial charge in [0.15, 0.2) is 0 Å². The number of rotatable bonds is 7. The minimum Gasteiger partial charge on any atom is -0.392 e. The maximum absolute atomic E-state index is 9.12. The van der Waals surface area contributed by atoms with Gasteiger partial charge in [-0.15, -0.1) is 0 Å². The summed E-state index contributed by atoms with van der Waals surface area (Å²) >= 11 is 0. The van der Waals surface area contributed by atoms with E-state index in [2.05, 4.69) is 38.2 Å². The Labute approximate surface area is 105 Å². The molecule has 2 nitrogen and oxygen atoms in total. The molecule has 17 heavy (non-hydrogen) atoms. The second-order valence-corrected chi connectivity index (χ2v) is 4.72. The molecule has 0 aromatic heterocycles. The van der Waals surface area contributed by atoms with Crippen LogP contribution < -0.4 is 5.32 Å². The standard InChI is InChI=1S/C15H25NO/c1-4-13(5-2)10-16-12(3)15-8-6-7-14(9-15)11-17/h6-9,12-13,16-17H,4-5,10-11H2,1-3H3. The zero-order valence-corrected chi connectivity index (χ0v) is 11.2. The Morgan fingerprint density at radius 2 is 1.94 bits per heavy atom. The molecule has 1 unspecified atom stereocenters. The average Bonchev–Trinajstić information content (AvgIpc) is 2.39. The third-order valence-corrected chi connectivity index (χ3v) is 3.50. The van der Waals surface area contributed by atoms with Gasteiger partial charge in [-0.25, -0.2) is 0 Å². The van der Waals surface area contributed by atoms with Crippen molar-refractivity contribution in [3.8, 4) is 0 Å². The Kier molecular flexibility index (Phi) is 6.23. The lowest BCUT2D eigenvalue weighted by Crippen LogP contribution is -2.25. The van der Waals surface area contributed by atoms with E-state index in [-0.39, 0.29) is 6.61 Å². The van der Waals surface area contributed by atoms with Crippen molar-refractivity contribution in [1.82, 2.24) is 5.32 Å². The van der Waals surface area contributed by atoms with Crippen LogP contribution in [0.2, 0.25) is 0 Å². The predicted octanol–water partition coefficient (Wildman–Crippen LogP) is 3.27. The van der Waals surface area contributed by atoms with Gasteiger partial charge in [-0.3, -0.25) is 0 Å². The molecule has 1 rings (SSSR count). The summed E-state index contributed by atoms with van der Waals surface area (Å²) in [5.74, 6) is 0.762. The zero-order chi connectivity index (χ0) is 12.7. The monoisotopic (exact) mass is 235 g/mol. The molecule has 0 heterocycles. The smallest absolute Gasteiger partial charge is 0.0681 e. The Balaban J connectivity index is 2.53. The summed E-state index contributed by atoms with van der Waals surface area (Å²) in [6.45, 7) is 7.85. The van der Waals surface area contributed by atoms with Crippen LogP contribution in [0.5, 0.6) is 0 Å². The second-order valence-electron chi connectivity index (χ2n) is 4.72. The molecule has 0 aliphatic rings. The van der Waals surface area contributed by atoms with Gasteiger partial charge in [-0.05, 0) is 30.5 Å². The van der Waals surface area contributed by atoms with Crippen LogP contribution in [0.25, 0.3) is 0 Å². The maximum Gasteiger partial charge on any atom is 0.0681 e. The molecule has 0 bridgehead atoms. The molecule has 2 heteroatoms. The van der Waals surface area contributed by atoms with Crippen LogP contribution in [0.1, 0.15) is 50.8 Å². The van der Waals surface area contributed by atoms with Gasteiger partial charge in [0.2, 0.25) is 0 Å². The average molecular weight is 235 g/mol. The molecule has 0 saturated carbocycles. The van der Waals surface area contributed by atoms with E-state index in [9.17, 15) is 0 Å². The van der Waals surface area contributed by atoms with Crippen molar-refractivity contribution < 1.29 is 5.11 Å². The minimum absolute atomic E-state index is 0.118. The lowest BCUT2D eigenvalue weighted by atomic mass is 10.0. The molecule has 0 aliphatic carbocycles. The van der Waals surface area contributed by atoms with Crippen molar-refractivity contribution in [3.63, 3.8) is 0 Å². The summed E-state index contributed by atoms with van der Waals surface area (Å²) in [6, 6.07) is 8.50. The summed E-state index contributed by atoms with van der Waals surface area (Å²) in [5, 5.41) is 12.7. The largest absolute Gasteiger partial charge is 0.392 e. The van der Waals surface area contributed by atoms with E-state index in [1.165, 1.54) is 18.4 Å². The number of benzene rings is 1. The van der Waals surface area contributed by atoms with Crippen LogP contribution in [0.3, 0.4) is 0 Å². The number of hydrogen-bond acceptors (Lipinski definition) is 2. The highest BCUT2D eigenvalue weighted by Crippen LogP contribution is 2.15. The molecule has 2 N–H and O–H groups in total. The first-order valence-electron chi connectivity index (χ1n) is 6.64. The Morgan fingerprint density at radius 3 is 2.53 bits per heavy atom. The molecule has 0 radical (unpaired) electrons. The van der Waals surface area contributed by atoms with E-state index in [4.69, 9.17) is 5.11 Å². The van der Waals surface area contributed by atoms with Crippen LogP contribution in [-0.4, -0.2) is 11.7 Å². The second kappa shape index (κ2) is 7.46. The molecular weight excluding hydrogens is 210 g/mol. The third kappa shape index (κ3) is 4.49. The molecule has 1 aromatic carbocycles. The van der Waals surface area contributed by atoms with E-state index in [1.54, 1.807) is 0 Å².